The van der Waals surface area contributed by atoms with Crippen LogP contribution in [0.2, 0.25) is 0 Å². The summed E-state index contributed by atoms with van der Waals surface area (Å²) in [6.45, 7) is 2.02. The molecule has 2 fully saturated rings. The van der Waals surface area contributed by atoms with Gasteiger partial charge in [0.05, 0.1) is 0 Å². The van der Waals surface area contributed by atoms with Gasteiger partial charge in [0.2, 0.25) is 0 Å². The Morgan fingerprint density at radius 1 is 1.06 bits per heavy atom. The van der Waals surface area contributed by atoms with E-state index >= 15 is 0 Å². The molecule has 0 spiro atoms. The molecule has 1 aliphatic carbocycles. The summed E-state index contributed by atoms with van der Waals surface area (Å²) in [5.74, 6) is 0.153. The van der Waals surface area contributed by atoms with Crippen LogP contribution in [0.5, 0.6) is 0 Å². The van der Waals surface area contributed by atoms with Crippen LogP contribution in [-0.4, -0.2) is 35.1 Å². The first-order valence-corrected chi connectivity index (χ1v) is 6.74. The minimum atomic E-state index is -0.611. The molecule has 1 unspecified atom stereocenters. The van der Waals surface area contributed by atoms with Crippen molar-refractivity contribution >= 4 is 5.97 Å². The number of rotatable bonds is 3. The highest BCUT2D eigenvalue weighted by atomic mass is 16.4. The minimum absolute atomic E-state index is 0.205. The summed E-state index contributed by atoms with van der Waals surface area (Å²) in [6, 6.07) is -0.205. The summed E-state index contributed by atoms with van der Waals surface area (Å²) < 4.78 is 0. The van der Waals surface area contributed by atoms with Crippen molar-refractivity contribution in [3.8, 4) is 0 Å². The Labute approximate surface area is 97.8 Å². The van der Waals surface area contributed by atoms with Gasteiger partial charge in [-0.2, -0.15) is 0 Å². The van der Waals surface area contributed by atoms with Crippen molar-refractivity contribution in [2.75, 3.05) is 13.1 Å². The largest absolute Gasteiger partial charge is 0.480 e. The van der Waals surface area contributed by atoms with Crippen molar-refractivity contribution in [2.45, 2.75) is 57.4 Å². The van der Waals surface area contributed by atoms with Crippen LogP contribution in [0, 0.1) is 5.92 Å². The van der Waals surface area contributed by atoms with E-state index in [9.17, 15) is 9.90 Å². The number of carboxylic acid groups (broad SMARTS) is 1. The molecule has 0 aromatic rings. The zero-order valence-corrected chi connectivity index (χ0v) is 10.0. The van der Waals surface area contributed by atoms with E-state index in [1.807, 2.05) is 0 Å². The zero-order chi connectivity index (χ0) is 11.4. The van der Waals surface area contributed by atoms with Crippen molar-refractivity contribution in [1.29, 1.82) is 0 Å². The lowest BCUT2D eigenvalue weighted by atomic mass is 10.1. The highest BCUT2D eigenvalue weighted by molar-refractivity contribution is 5.73. The molecule has 92 valence electrons. The van der Waals surface area contributed by atoms with Crippen molar-refractivity contribution < 1.29 is 9.90 Å². The van der Waals surface area contributed by atoms with Crippen LogP contribution in [0.25, 0.3) is 0 Å². The predicted molar refractivity (Wildman–Crippen MR) is 63.4 cm³/mol. The van der Waals surface area contributed by atoms with Crippen LogP contribution in [-0.2, 0) is 4.79 Å². The highest BCUT2D eigenvalue weighted by Gasteiger charge is 2.29. The van der Waals surface area contributed by atoms with E-state index in [-0.39, 0.29) is 6.04 Å². The molecular formula is C13H23NO2. The first-order valence-electron chi connectivity index (χ1n) is 6.74. The van der Waals surface area contributed by atoms with E-state index in [0.29, 0.717) is 0 Å². The topological polar surface area (TPSA) is 40.5 Å². The third-order valence-electron chi connectivity index (χ3n) is 4.12. The summed E-state index contributed by atoms with van der Waals surface area (Å²) in [5.41, 5.74) is 0. The molecule has 0 amide bonds. The molecule has 1 heterocycles. The van der Waals surface area contributed by atoms with Crippen LogP contribution in [0.4, 0.5) is 0 Å². The maximum absolute atomic E-state index is 11.2. The number of hydrogen-bond donors (Lipinski definition) is 1. The van der Waals surface area contributed by atoms with Crippen LogP contribution < -0.4 is 0 Å². The molecule has 0 aromatic heterocycles. The smallest absolute Gasteiger partial charge is 0.320 e. The fourth-order valence-electron chi connectivity index (χ4n) is 3.19. The fourth-order valence-corrected chi connectivity index (χ4v) is 3.19. The van der Waals surface area contributed by atoms with Gasteiger partial charge in [-0.3, -0.25) is 9.69 Å². The molecule has 2 aliphatic rings. The fraction of sp³-hybridized carbons (Fsp3) is 0.923. The molecule has 2 rings (SSSR count). The molecule has 1 aliphatic heterocycles. The third kappa shape index (κ3) is 2.97. The number of nitrogens with zero attached hydrogens (tertiary/aromatic N) is 1. The van der Waals surface area contributed by atoms with Gasteiger partial charge in [0.15, 0.2) is 0 Å². The Morgan fingerprint density at radius 2 is 1.75 bits per heavy atom. The number of carboxylic acids is 1. The minimum Gasteiger partial charge on any atom is -0.480 e. The molecule has 0 radical (unpaired) electrons. The van der Waals surface area contributed by atoms with Crippen LogP contribution >= 0.6 is 0 Å². The molecule has 0 aromatic carbocycles. The van der Waals surface area contributed by atoms with Gasteiger partial charge in [0.25, 0.3) is 0 Å². The standard InChI is InChI=1S/C13H23NO2/c15-13(16)12-8-2-1-5-9-14(12)10-11-6-3-4-7-11/h11-12H,1-10H2,(H,15,16). The molecule has 1 saturated carbocycles. The molecule has 16 heavy (non-hydrogen) atoms. The lowest BCUT2D eigenvalue weighted by Crippen LogP contribution is -2.43. The monoisotopic (exact) mass is 225 g/mol. The summed E-state index contributed by atoms with van der Waals surface area (Å²) in [4.78, 5) is 13.5. The molecule has 3 heteroatoms. The zero-order valence-electron chi connectivity index (χ0n) is 10.0. The highest BCUT2D eigenvalue weighted by Crippen LogP contribution is 2.27. The second-order valence-corrected chi connectivity index (χ2v) is 5.35. The Hall–Kier alpha value is -0.570. The first-order chi connectivity index (χ1) is 7.77. The van der Waals surface area contributed by atoms with Crippen LogP contribution in [0.15, 0.2) is 0 Å². The van der Waals surface area contributed by atoms with E-state index in [1.165, 1.54) is 38.5 Å². The molecule has 3 nitrogen and oxygen atoms in total. The predicted octanol–water partition coefficient (Wildman–Crippen LogP) is 2.51. The lowest BCUT2D eigenvalue weighted by molar-refractivity contribution is -0.143. The summed E-state index contributed by atoms with van der Waals surface area (Å²) in [7, 11) is 0. The van der Waals surface area contributed by atoms with Crippen molar-refractivity contribution in [3.05, 3.63) is 0 Å². The second kappa shape index (κ2) is 5.67. The van der Waals surface area contributed by atoms with E-state index < -0.39 is 5.97 Å². The van der Waals surface area contributed by atoms with Gasteiger partial charge in [0.1, 0.15) is 6.04 Å². The summed E-state index contributed by atoms with van der Waals surface area (Å²) in [6.07, 6.45) is 9.61. The SMILES string of the molecule is O=C(O)C1CCCCCN1CC1CCCC1. The van der Waals surface area contributed by atoms with Gasteiger partial charge in [-0.1, -0.05) is 25.7 Å². The van der Waals surface area contributed by atoms with E-state index in [1.54, 1.807) is 0 Å². The summed E-state index contributed by atoms with van der Waals surface area (Å²) in [5, 5.41) is 9.27. The first kappa shape index (κ1) is 11.9. The molecule has 0 bridgehead atoms. The average molecular weight is 225 g/mol. The van der Waals surface area contributed by atoms with E-state index in [2.05, 4.69) is 4.90 Å². The Kier molecular flexibility index (Phi) is 4.22. The van der Waals surface area contributed by atoms with Gasteiger partial charge in [-0.25, -0.2) is 0 Å². The number of aliphatic carboxylic acids is 1. The maximum Gasteiger partial charge on any atom is 0.320 e. The Morgan fingerprint density at radius 3 is 2.44 bits per heavy atom. The maximum atomic E-state index is 11.2. The average Bonchev–Trinajstić information content (AvgIpc) is 2.63. The van der Waals surface area contributed by atoms with Crippen molar-refractivity contribution in [3.63, 3.8) is 0 Å². The van der Waals surface area contributed by atoms with Crippen LogP contribution in [0.1, 0.15) is 51.4 Å². The summed E-state index contributed by atoms with van der Waals surface area (Å²) >= 11 is 0. The molecule has 1 saturated heterocycles. The quantitative estimate of drug-likeness (QED) is 0.802. The Balaban J connectivity index is 1.93. The molecule has 1 atom stereocenters. The molecular weight excluding hydrogens is 202 g/mol. The van der Waals surface area contributed by atoms with Gasteiger partial charge in [0, 0.05) is 6.54 Å². The van der Waals surface area contributed by atoms with Gasteiger partial charge in [-0.05, 0) is 38.1 Å². The van der Waals surface area contributed by atoms with E-state index in [4.69, 9.17) is 0 Å². The van der Waals surface area contributed by atoms with Crippen LogP contribution in [0.3, 0.4) is 0 Å². The molecule has 1 N–H and O–H groups in total. The van der Waals surface area contributed by atoms with Gasteiger partial charge < -0.3 is 5.11 Å². The number of hydrogen-bond acceptors (Lipinski definition) is 2. The van der Waals surface area contributed by atoms with Gasteiger partial charge in [-0.15, -0.1) is 0 Å². The second-order valence-electron chi connectivity index (χ2n) is 5.35. The number of likely N-dealkylation sites (tertiary alicyclic amines) is 1. The Bertz CT molecular complexity index is 236. The van der Waals surface area contributed by atoms with Crippen molar-refractivity contribution in [1.82, 2.24) is 4.90 Å². The third-order valence-corrected chi connectivity index (χ3v) is 4.12. The van der Waals surface area contributed by atoms with Crippen molar-refractivity contribution in [2.24, 2.45) is 5.92 Å². The number of carbonyl (C=O) groups is 1. The normalized spacial score (nSPS) is 29.1. The lowest BCUT2D eigenvalue weighted by Gasteiger charge is -2.29. The van der Waals surface area contributed by atoms with E-state index in [0.717, 1.165) is 31.8 Å². The van der Waals surface area contributed by atoms with Gasteiger partial charge >= 0.3 is 5.97 Å².